The van der Waals surface area contributed by atoms with Crippen molar-refractivity contribution in [3.63, 3.8) is 0 Å². The standard InChI is InChI=1S/C23H22N2O3/c1-28-23(27)21-13-17-8-2-3-9-18(17)14-25(21)15-22(26)24-20-12-6-10-16-7-4-5-11-19(16)20/h2-12,21H,13-15H2,1H3,(H,24,26)/p+1/t21-/m0/s1. The number of ether oxygens (including phenoxy) is 1. The average Bonchev–Trinajstić information content (AvgIpc) is 2.73. The average molecular weight is 375 g/mol. The summed E-state index contributed by atoms with van der Waals surface area (Å²) in [5.74, 6) is -0.387. The fourth-order valence-electron chi connectivity index (χ4n) is 3.97. The number of hydrogen-bond acceptors (Lipinski definition) is 3. The molecule has 0 saturated carbocycles. The van der Waals surface area contributed by atoms with Gasteiger partial charge in [-0.1, -0.05) is 60.7 Å². The van der Waals surface area contributed by atoms with Crippen LogP contribution in [0.25, 0.3) is 10.8 Å². The van der Waals surface area contributed by atoms with Crippen LogP contribution in [0.1, 0.15) is 11.1 Å². The van der Waals surface area contributed by atoms with E-state index in [1.54, 1.807) is 0 Å². The molecule has 5 nitrogen and oxygen atoms in total. The van der Waals surface area contributed by atoms with Crippen molar-refractivity contribution in [2.75, 3.05) is 19.0 Å². The van der Waals surface area contributed by atoms with Crippen LogP contribution in [-0.4, -0.2) is 31.6 Å². The van der Waals surface area contributed by atoms with Crippen molar-refractivity contribution < 1.29 is 19.2 Å². The number of quaternary nitrogens is 1. The maximum absolute atomic E-state index is 12.8. The fraction of sp³-hybridized carbons (Fsp3) is 0.217. The molecule has 0 spiro atoms. The van der Waals surface area contributed by atoms with E-state index >= 15 is 0 Å². The van der Waals surface area contributed by atoms with Gasteiger partial charge in [0.25, 0.3) is 5.91 Å². The molecule has 2 atom stereocenters. The van der Waals surface area contributed by atoms with Crippen LogP contribution in [0.15, 0.2) is 66.7 Å². The zero-order valence-electron chi connectivity index (χ0n) is 15.8. The van der Waals surface area contributed by atoms with E-state index in [4.69, 9.17) is 4.74 Å². The summed E-state index contributed by atoms with van der Waals surface area (Å²) in [4.78, 5) is 26.0. The van der Waals surface area contributed by atoms with Gasteiger partial charge in [-0.25, -0.2) is 4.79 Å². The highest BCUT2D eigenvalue weighted by molar-refractivity contribution is 6.02. The van der Waals surface area contributed by atoms with Gasteiger partial charge < -0.3 is 15.0 Å². The van der Waals surface area contributed by atoms with Crippen LogP contribution in [0.2, 0.25) is 0 Å². The van der Waals surface area contributed by atoms with E-state index in [1.165, 1.54) is 12.7 Å². The second kappa shape index (κ2) is 7.82. The molecule has 28 heavy (non-hydrogen) atoms. The summed E-state index contributed by atoms with van der Waals surface area (Å²) in [6.07, 6.45) is 0.583. The molecule has 0 bridgehead atoms. The Morgan fingerprint density at radius 3 is 2.54 bits per heavy atom. The molecule has 1 heterocycles. The summed E-state index contributed by atoms with van der Waals surface area (Å²) in [6.45, 7) is 0.830. The molecule has 0 fully saturated rings. The van der Waals surface area contributed by atoms with Gasteiger partial charge in [0.1, 0.15) is 6.54 Å². The third-order valence-electron chi connectivity index (χ3n) is 5.39. The molecule has 1 aliphatic rings. The zero-order valence-corrected chi connectivity index (χ0v) is 15.8. The number of rotatable bonds is 4. The summed E-state index contributed by atoms with van der Waals surface area (Å²) < 4.78 is 5.00. The van der Waals surface area contributed by atoms with Gasteiger partial charge in [-0.3, -0.25) is 4.79 Å². The van der Waals surface area contributed by atoms with Crippen LogP contribution in [0.4, 0.5) is 5.69 Å². The van der Waals surface area contributed by atoms with Gasteiger partial charge in [0.05, 0.1) is 7.11 Å². The minimum atomic E-state index is -0.377. The number of benzene rings is 3. The molecule has 1 aliphatic heterocycles. The molecule has 3 aromatic rings. The van der Waals surface area contributed by atoms with E-state index in [1.807, 2.05) is 60.7 Å². The summed E-state index contributed by atoms with van der Waals surface area (Å²) in [5.41, 5.74) is 3.11. The van der Waals surface area contributed by atoms with Gasteiger partial charge in [0.2, 0.25) is 0 Å². The first kappa shape index (κ1) is 18.2. The van der Waals surface area contributed by atoms with Crippen LogP contribution in [-0.2, 0) is 27.3 Å². The first-order chi connectivity index (χ1) is 13.7. The molecule has 4 rings (SSSR count). The SMILES string of the molecule is COC(=O)[C@@H]1Cc2ccccc2C[NH+]1CC(=O)Nc1cccc2ccccc12. The Morgan fingerprint density at radius 1 is 1.00 bits per heavy atom. The molecule has 0 aliphatic carbocycles. The molecule has 1 amide bonds. The Hall–Kier alpha value is -3.18. The summed E-state index contributed by atoms with van der Waals surface area (Å²) in [5, 5.41) is 5.10. The van der Waals surface area contributed by atoms with Gasteiger partial charge in [0.15, 0.2) is 12.6 Å². The maximum atomic E-state index is 12.8. The predicted octanol–water partition coefficient (Wildman–Crippen LogP) is 1.96. The van der Waals surface area contributed by atoms with Gasteiger partial charge >= 0.3 is 5.97 Å². The normalized spacial score (nSPS) is 18.3. The molecule has 0 aromatic heterocycles. The van der Waals surface area contributed by atoms with E-state index in [0.717, 1.165) is 26.9 Å². The molecule has 1 unspecified atom stereocenters. The fourth-order valence-corrected chi connectivity index (χ4v) is 3.97. The number of fused-ring (bicyclic) bond motifs is 2. The molecular formula is C23H23N2O3+. The van der Waals surface area contributed by atoms with Gasteiger partial charge in [-0.15, -0.1) is 0 Å². The van der Waals surface area contributed by atoms with Gasteiger partial charge in [0, 0.05) is 23.1 Å². The van der Waals surface area contributed by atoms with E-state index in [2.05, 4.69) is 11.4 Å². The van der Waals surface area contributed by atoms with Crippen molar-refractivity contribution in [2.24, 2.45) is 0 Å². The third-order valence-corrected chi connectivity index (χ3v) is 5.39. The molecule has 5 heteroatoms. The lowest BCUT2D eigenvalue weighted by atomic mass is 9.94. The number of nitrogens with one attached hydrogen (secondary N) is 2. The van der Waals surface area contributed by atoms with E-state index in [9.17, 15) is 9.59 Å². The van der Waals surface area contributed by atoms with Crippen molar-refractivity contribution in [2.45, 2.75) is 19.0 Å². The smallest absolute Gasteiger partial charge is 0.365 e. The first-order valence-corrected chi connectivity index (χ1v) is 9.42. The highest BCUT2D eigenvalue weighted by atomic mass is 16.5. The Bertz CT molecular complexity index is 1030. The first-order valence-electron chi connectivity index (χ1n) is 9.42. The lowest BCUT2D eigenvalue weighted by Crippen LogP contribution is -3.17. The number of esters is 1. The Balaban J connectivity index is 1.54. The second-order valence-corrected chi connectivity index (χ2v) is 7.14. The lowest BCUT2D eigenvalue weighted by Gasteiger charge is -2.31. The van der Waals surface area contributed by atoms with Crippen molar-refractivity contribution >= 4 is 28.3 Å². The highest BCUT2D eigenvalue weighted by Crippen LogP contribution is 2.22. The van der Waals surface area contributed by atoms with Crippen molar-refractivity contribution in [1.82, 2.24) is 0 Å². The van der Waals surface area contributed by atoms with Gasteiger partial charge in [-0.05, 0) is 17.0 Å². The largest absolute Gasteiger partial charge is 0.465 e. The van der Waals surface area contributed by atoms with Crippen molar-refractivity contribution in [1.29, 1.82) is 0 Å². The van der Waals surface area contributed by atoms with E-state index in [-0.39, 0.29) is 24.5 Å². The van der Waals surface area contributed by atoms with Crippen LogP contribution >= 0.6 is 0 Å². The minimum absolute atomic E-state index is 0.111. The molecule has 0 radical (unpaired) electrons. The Morgan fingerprint density at radius 2 is 1.71 bits per heavy atom. The summed E-state index contributed by atoms with van der Waals surface area (Å²) >= 11 is 0. The van der Waals surface area contributed by atoms with Crippen LogP contribution in [0.3, 0.4) is 0 Å². The quantitative estimate of drug-likeness (QED) is 0.686. The predicted molar refractivity (Wildman–Crippen MR) is 108 cm³/mol. The maximum Gasteiger partial charge on any atom is 0.365 e. The summed E-state index contributed by atoms with van der Waals surface area (Å²) in [6, 6.07) is 21.5. The monoisotopic (exact) mass is 375 g/mol. The number of hydrogen-bond donors (Lipinski definition) is 2. The third kappa shape index (κ3) is 3.62. The lowest BCUT2D eigenvalue weighted by molar-refractivity contribution is -0.924. The van der Waals surface area contributed by atoms with Crippen molar-refractivity contribution in [3.8, 4) is 0 Å². The van der Waals surface area contributed by atoms with Crippen LogP contribution in [0.5, 0.6) is 0 Å². The minimum Gasteiger partial charge on any atom is -0.465 e. The van der Waals surface area contributed by atoms with Crippen LogP contribution < -0.4 is 10.2 Å². The zero-order chi connectivity index (χ0) is 19.5. The second-order valence-electron chi connectivity index (χ2n) is 7.14. The molecule has 3 aromatic carbocycles. The van der Waals surface area contributed by atoms with Crippen molar-refractivity contribution in [3.05, 3.63) is 77.9 Å². The molecule has 142 valence electrons. The molecule has 0 saturated heterocycles. The van der Waals surface area contributed by atoms with E-state index in [0.29, 0.717) is 13.0 Å². The van der Waals surface area contributed by atoms with E-state index < -0.39 is 0 Å². The number of amides is 1. The Kier molecular flexibility index (Phi) is 5.08. The highest BCUT2D eigenvalue weighted by Gasteiger charge is 2.37. The number of carbonyl (C=O) groups is 2. The summed E-state index contributed by atoms with van der Waals surface area (Å²) in [7, 11) is 1.40. The number of carbonyl (C=O) groups excluding carboxylic acids is 2. The number of anilines is 1. The topological polar surface area (TPSA) is 59.8 Å². The van der Waals surface area contributed by atoms with Gasteiger partial charge in [-0.2, -0.15) is 0 Å². The number of methoxy groups -OCH3 is 1. The Labute approximate surface area is 163 Å². The molecular weight excluding hydrogens is 352 g/mol. The molecule has 2 N–H and O–H groups in total. The van der Waals surface area contributed by atoms with Crippen LogP contribution in [0, 0.1) is 0 Å².